The van der Waals surface area contributed by atoms with Crippen molar-refractivity contribution in [2.75, 3.05) is 0 Å². The standard InChI is InChI=1S/C23H25N5OS/c1-15-6-12-19(13-7-15)28-21(17-8-10-18(11-9-17)23(3,4)5)26-27-22(28)30-14-20-25-24-16(2)29-20/h6-13H,14H2,1-5H3. The maximum atomic E-state index is 5.50. The highest BCUT2D eigenvalue weighted by atomic mass is 32.2. The van der Waals surface area contributed by atoms with E-state index in [0.29, 0.717) is 17.5 Å². The van der Waals surface area contributed by atoms with Crippen molar-refractivity contribution in [2.45, 2.75) is 50.9 Å². The number of aromatic nitrogens is 5. The molecule has 4 aromatic rings. The molecule has 0 aliphatic heterocycles. The van der Waals surface area contributed by atoms with E-state index in [1.54, 1.807) is 6.92 Å². The maximum Gasteiger partial charge on any atom is 0.226 e. The summed E-state index contributed by atoms with van der Waals surface area (Å²) in [7, 11) is 0. The minimum atomic E-state index is 0.104. The minimum Gasteiger partial charge on any atom is -0.425 e. The van der Waals surface area contributed by atoms with Gasteiger partial charge in [-0.05, 0) is 30.0 Å². The first-order valence-electron chi connectivity index (χ1n) is 9.86. The van der Waals surface area contributed by atoms with Gasteiger partial charge in [0.2, 0.25) is 11.8 Å². The summed E-state index contributed by atoms with van der Waals surface area (Å²) in [4.78, 5) is 0. The lowest BCUT2D eigenvalue weighted by molar-refractivity contribution is 0.485. The van der Waals surface area contributed by atoms with Crippen LogP contribution in [0, 0.1) is 13.8 Å². The van der Waals surface area contributed by atoms with Crippen LogP contribution in [-0.2, 0) is 11.2 Å². The summed E-state index contributed by atoms with van der Waals surface area (Å²) in [5.74, 6) is 2.48. The molecule has 0 fully saturated rings. The van der Waals surface area contributed by atoms with Crippen molar-refractivity contribution in [3.63, 3.8) is 0 Å². The summed E-state index contributed by atoms with van der Waals surface area (Å²) in [6.45, 7) is 10.5. The molecule has 0 saturated heterocycles. The molecule has 6 nitrogen and oxygen atoms in total. The topological polar surface area (TPSA) is 69.6 Å². The predicted octanol–water partition coefficient (Wildman–Crippen LogP) is 5.52. The van der Waals surface area contributed by atoms with Crippen LogP contribution in [0.3, 0.4) is 0 Å². The molecule has 7 heteroatoms. The normalized spacial score (nSPS) is 11.8. The van der Waals surface area contributed by atoms with Crippen LogP contribution in [0.1, 0.15) is 43.7 Å². The summed E-state index contributed by atoms with van der Waals surface area (Å²) in [6, 6.07) is 16.9. The van der Waals surface area contributed by atoms with E-state index in [0.717, 1.165) is 22.2 Å². The van der Waals surface area contributed by atoms with Gasteiger partial charge in [-0.15, -0.1) is 20.4 Å². The smallest absolute Gasteiger partial charge is 0.226 e. The van der Waals surface area contributed by atoms with E-state index in [4.69, 9.17) is 4.42 Å². The molecule has 0 radical (unpaired) electrons. The fourth-order valence-electron chi connectivity index (χ4n) is 3.12. The first-order valence-corrected chi connectivity index (χ1v) is 10.8. The Hall–Kier alpha value is -2.93. The third kappa shape index (κ3) is 4.31. The molecule has 0 N–H and O–H groups in total. The van der Waals surface area contributed by atoms with Gasteiger partial charge in [-0.3, -0.25) is 4.57 Å². The maximum absolute atomic E-state index is 5.50. The number of nitrogens with zero attached hydrogens (tertiary/aromatic N) is 5. The Bertz CT molecular complexity index is 1140. The summed E-state index contributed by atoms with van der Waals surface area (Å²) in [5, 5.41) is 17.7. The molecule has 2 aromatic carbocycles. The van der Waals surface area contributed by atoms with Crippen molar-refractivity contribution in [3.05, 3.63) is 71.4 Å². The van der Waals surface area contributed by atoms with Gasteiger partial charge in [0.15, 0.2) is 11.0 Å². The van der Waals surface area contributed by atoms with Gasteiger partial charge in [0, 0.05) is 18.2 Å². The summed E-state index contributed by atoms with van der Waals surface area (Å²) >= 11 is 1.53. The third-order valence-corrected chi connectivity index (χ3v) is 5.74. The van der Waals surface area contributed by atoms with Crippen LogP contribution < -0.4 is 0 Å². The second kappa shape index (κ2) is 8.07. The van der Waals surface area contributed by atoms with E-state index < -0.39 is 0 Å². The number of hydrogen-bond acceptors (Lipinski definition) is 6. The average molecular weight is 420 g/mol. The Balaban J connectivity index is 1.72. The Morgan fingerprint density at radius 3 is 2.17 bits per heavy atom. The molecule has 2 aromatic heterocycles. The quantitative estimate of drug-likeness (QED) is 0.397. The van der Waals surface area contributed by atoms with Gasteiger partial charge in [0.05, 0.1) is 5.75 Å². The van der Waals surface area contributed by atoms with Crippen molar-refractivity contribution >= 4 is 11.8 Å². The molecule has 154 valence electrons. The number of thioether (sulfide) groups is 1. The Kier molecular flexibility index (Phi) is 5.47. The molecular formula is C23H25N5OS. The zero-order valence-corrected chi connectivity index (χ0v) is 18.7. The van der Waals surface area contributed by atoms with Gasteiger partial charge in [-0.2, -0.15) is 0 Å². The van der Waals surface area contributed by atoms with Crippen LogP contribution in [0.5, 0.6) is 0 Å². The van der Waals surface area contributed by atoms with Crippen molar-refractivity contribution in [3.8, 4) is 17.1 Å². The van der Waals surface area contributed by atoms with Gasteiger partial charge in [-0.25, -0.2) is 0 Å². The second-order valence-electron chi connectivity index (χ2n) is 8.31. The lowest BCUT2D eigenvalue weighted by atomic mass is 9.87. The zero-order valence-electron chi connectivity index (χ0n) is 17.9. The molecule has 2 heterocycles. The van der Waals surface area contributed by atoms with E-state index in [-0.39, 0.29) is 5.41 Å². The number of aryl methyl sites for hydroxylation is 2. The van der Waals surface area contributed by atoms with E-state index in [1.807, 2.05) is 0 Å². The van der Waals surface area contributed by atoms with E-state index in [1.165, 1.54) is 22.9 Å². The van der Waals surface area contributed by atoms with Crippen LogP contribution in [0.25, 0.3) is 17.1 Å². The largest absolute Gasteiger partial charge is 0.425 e. The van der Waals surface area contributed by atoms with Crippen LogP contribution in [0.15, 0.2) is 58.1 Å². The molecule has 0 aliphatic carbocycles. The number of benzene rings is 2. The summed E-state index contributed by atoms with van der Waals surface area (Å²) in [5.41, 5.74) is 4.64. The molecule has 0 bridgehead atoms. The highest BCUT2D eigenvalue weighted by Gasteiger charge is 2.19. The van der Waals surface area contributed by atoms with Crippen LogP contribution in [0.4, 0.5) is 0 Å². The monoisotopic (exact) mass is 419 g/mol. The molecular weight excluding hydrogens is 394 g/mol. The Morgan fingerprint density at radius 1 is 0.867 bits per heavy atom. The number of hydrogen-bond donors (Lipinski definition) is 0. The van der Waals surface area contributed by atoms with Gasteiger partial charge in [0.1, 0.15) is 0 Å². The second-order valence-corrected chi connectivity index (χ2v) is 9.25. The zero-order chi connectivity index (χ0) is 21.3. The van der Waals surface area contributed by atoms with Crippen molar-refractivity contribution < 1.29 is 4.42 Å². The van der Waals surface area contributed by atoms with Crippen molar-refractivity contribution in [2.24, 2.45) is 0 Å². The van der Waals surface area contributed by atoms with Gasteiger partial charge < -0.3 is 4.42 Å². The molecule has 4 rings (SSSR count). The van der Waals surface area contributed by atoms with E-state index >= 15 is 0 Å². The number of rotatable bonds is 5. The molecule has 30 heavy (non-hydrogen) atoms. The van der Waals surface area contributed by atoms with Crippen LogP contribution in [-0.4, -0.2) is 25.0 Å². The minimum absolute atomic E-state index is 0.104. The highest BCUT2D eigenvalue weighted by Crippen LogP contribution is 2.31. The van der Waals surface area contributed by atoms with Gasteiger partial charge in [-0.1, -0.05) is 74.5 Å². The Labute approximate surface area is 180 Å². The fraction of sp³-hybridized carbons (Fsp3) is 0.304. The van der Waals surface area contributed by atoms with Crippen LogP contribution >= 0.6 is 11.8 Å². The fourth-order valence-corrected chi connectivity index (χ4v) is 3.91. The van der Waals surface area contributed by atoms with Gasteiger partial charge >= 0.3 is 0 Å². The lowest BCUT2D eigenvalue weighted by Gasteiger charge is -2.19. The Morgan fingerprint density at radius 2 is 1.57 bits per heavy atom. The first kappa shape index (κ1) is 20.3. The summed E-state index contributed by atoms with van der Waals surface area (Å²) in [6.07, 6.45) is 0. The molecule has 0 saturated carbocycles. The SMILES string of the molecule is Cc1ccc(-n2c(SCc3nnc(C)o3)nnc2-c2ccc(C(C)(C)C)cc2)cc1. The van der Waals surface area contributed by atoms with Crippen molar-refractivity contribution in [1.82, 2.24) is 25.0 Å². The van der Waals surface area contributed by atoms with Crippen molar-refractivity contribution in [1.29, 1.82) is 0 Å². The third-order valence-electron chi connectivity index (χ3n) is 4.83. The van der Waals surface area contributed by atoms with Crippen LogP contribution in [0.2, 0.25) is 0 Å². The molecule has 0 atom stereocenters. The highest BCUT2D eigenvalue weighted by molar-refractivity contribution is 7.98. The first-order chi connectivity index (χ1) is 14.3. The molecule has 0 amide bonds. The molecule has 0 unspecified atom stereocenters. The lowest BCUT2D eigenvalue weighted by Crippen LogP contribution is -2.10. The summed E-state index contributed by atoms with van der Waals surface area (Å²) < 4.78 is 7.59. The van der Waals surface area contributed by atoms with E-state index in [9.17, 15) is 0 Å². The molecule has 0 spiro atoms. The average Bonchev–Trinajstić information content (AvgIpc) is 3.32. The predicted molar refractivity (Wildman–Crippen MR) is 119 cm³/mol. The van der Waals surface area contributed by atoms with E-state index in [2.05, 4.69) is 101 Å². The molecule has 0 aliphatic rings. The van der Waals surface area contributed by atoms with Gasteiger partial charge in [0.25, 0.3) is 0 Å².